The SMILES string of the molecule is CCc1ccc(Cl)c(CC)c1NC(=O)CN1Cc2ccccc2CC1C(N)=O. The molecule has 1 aliphatic heterocycles. The first-order valence-corrected chi connectivity index (χ1v) is 10.0. The van der Waals surface area contributed by atoms with Crippen molar-refractivity contribution in [2.45, 2.75) is 45.7 Å². The summed E-state index contributed by atoms with van der Waals surface area (Å²) in [6, 6.07) is 11.3. The molecule has 2 aromatic rings. The summed E-state index contributed by atoms with van der Waals surface area (Å²) in [6.45, 7) is 4.68. The van der Waals surface area contributed by atoms with Crippen molar-refractivity contribution in [2.24, 2.45) is 5.73 Å². The van der Waals surface area contributed by atoms with Crippen LogP contribution in [0, 0.1) is 0 Å². The van der Waals surface area contributed by atoms with E-state index in [9.17, 15) is 9.59 Å². The topological polar surface area (TPSA) is 75.4 Å². The minimum atomic E-state index is -0.490. The molecule has 0 spiro atoms. The molecule has 0 radical (unpaired) electrons. The number of aryl methyl sites for hydroxylation is 1. The summed E-state index contributed by atoms with van der Waals surface area (Å²) < 4.78 is 0. The summed E-state index contributed by atoms with van der Waals surface area (Å²) in [7, 11) is 0. The van der Waals surface area contributed by atoms with Gasteiger partial charge >= 0.3 is 0 Å². The van der Waals surface area contributed by atoms with Gasteiger partial charge in [-0.1, -0.05) is 55.8 Å². The van der Waals surface area contributed by atoms with Crippen LogP contribution >= 0.6 is 11.6 Å². The Morgan fingerprint density at radius 2 is 1.86 bits per heavy atom. The van der Waals surface area contributed by atoms with Gasteiger partial charge in [0.1, 0.15) is 0 Å². The molecule has 0 aromatic heterocycles. The molecule has 2 amide bonds. The molecule has 3 N–H and O–H groups in total. The highest BCUT2D eigenvalue weighted by Crippen LogP contribution is 2.30. The average molecular weight is 400 g/mol. The smallest absolute Gasteiger partial charge is 0.238 e. The molecule has 1 atom stereocenters. The number of rotatable bonds is 6. The van der Waals surface area contributed by atoms with Crippen molar-refractivity contribution < 1.29 is 9.59 Å². The van der Waals surface area contributed by atoms with Crippen molar-refractivity contribution in [3.63, 3.8) is 0 Å². The second kappa shape index (κ2) is 8.76. The first-order chi connectivity index (χ1) is 13.4. The second-order valence-corrected chi connectivity index (χ2v) is 7.52. The number of nitrogens with two attached hydrogens (primary N) is 1. The summed E-state index contributed by atoms with van der Waals surface area (Å²) in [5, 5.41) is 3.69. The van der Waals surface area contributed by atoms with Crippen molar-refractivity contribution in [1.82, 2.24) is 4.90 Å². The van der Waals surface area contributed by atoms with E-state index in [4.69, 9.17) is 17.3 Å². The number of benzene rings is 2. The van der Waals surface area contributed by atoms with Gasteiger partial charge in [-0.3, -0.25) is 14.5 Å². The molecule has 0 fully saturated rings. The minimum Gasteiger partial charge on any atom is -0.368 e. The molecular weight excluding hydrogens is 374 g/mol. The molecule has 3 rings (SSSR count). The lowest BCUT2D eigenvalue weighted by molar-refractivity contribution is -0.125. The van der Waals surface area contributed by atoms with Crippen molar-refractivity contribution in [2.75, 3.05) is 11.9 Å². The highest BCUT2D eigenvalue weighted by molar-refractivity contribution is 6.32. The largest absolute Gasteiger partial charge is 0.368 e. The molecule has 148 valence electrons. The average Bonchev–Trinajstić information content (AvgIpc) is 2.67. The van der Waals surface area contributed by atoms with Gasteiger partial charge < -0.3 is 11.1 Å². The van der Waals surface area contributed by atoms with Crippen molar-refractivity contribution in [3.8, 4) is 0 Å². The quantitative estimate of drug-likeness (QED) is 0.782. The van der Waals surface area contributed by atoms with Crippen LogP contribution in [0.3, 0.4) is 0 Å². The second-order valence-electron chi connectivity index (χ2n) is 7.11. The van der Waals surface area contributed by atoms with Crippen LogP contribution in [-0.2, 0) is 35.4 Å². The Morgan fingerprint density at radius 3 is 2.50 bits per heavy atom. The first-order valence-electron chi connectivity index (χ1n) is 9.64. The Bertz CT molecular complexity index is 897. The van der Waals surface area contributed by atoms with Crippen LogP contribution in [-0.4, -0.2) is 29.3 Å². The maximum atomic E-state index is 12.9. The molecule has 2 aromatic carbocycles. The lowest BCUT2D eigenvalue weighted by Gasteiger charge is -2.34. The number of fused-ring (bicyclic) bond motifs is 1. The van der Waals surface area contributed by atoms with Crippen LogP contribution in [0.25, 0.3) is 0 Å². The Labute approximate surface area is 170 Å². The van der Waals surface area contributed by atoms with E-state index < -0.39 is 11.9 Å². The van der Waals surface area contributed by atoms with Gasteiger partial charge in [-0.05, 0) is 47.6 Å². The van der Waals surface area contributed by atoms with Crippen molar-refractivity contribution in [3.05, 3.63) is 63.7 Å². The number of carbonyl (C=O) groups excluding carboxylic acids is 2. The molecule has 0 saturated heterocycles. The molecule has 0 aliphatic carbocycles. The maximum Gasteiger partial charge on any atom is 0.238 e. The molecule has 6 heteroatoms. The number of nitrogens with zero attached hydrogens (tertiary/aromatic N) is 1. The molecule has 0 saturated carbocycles. The van der Waals surface area contributed by atoms with Crippen LogP contribution in [0.15, 0.2) is 36.4 Å². The number of carbonyl (C=O) groups is 2. The van der Waals surface area contributed by atoms with Crippen LogP contribution in [0.1, 0.15) is 36.1 Å². The highest BCUT2D eigenvalue weighted by atomic mass is 35.5. The molecule has 1 heterocycles. The van der Waals surface area contributed by atoms with E-state index in [0.717, 1.165) is 40.8 Å². The van der Waals surface area contributed by atoms with Gasteiger partial charge in [0.05, 0.1) is 12.6 Å². The van der Waals surface area contributed by atoms with Gasteiger partial charge in [-0.15, -0.1) is 0 Å². The zero-order valence-corrected chi connectivity index (χ0v) is 17.1. The van der Waals surface area contributed by atoms with E-state index in [1.807, 2.05) is 55.1 Å². The van der Waals surface area contributed by atoms with E-state index in [1.165, 1.54) is 0 Å². The normalized spacial score (nSPS) is 16.5. The van der Waals surface area contributed by atoms with Gasteiger partial charge in [0.2, 0.25) is 11.8 Å². The number of primary amides is 1. The molecule has 28 heavy (non-hydrogen) atoms. The van der Waals surface area contributed by atoms with Crippen LogP contribution in [0.4, 0.5) is 5.69 Å². The predicted molar refractivity (Wildman–Crippen MR) is 112 cm³/mol. The van der Waals surface area contributed by atoms with E-state index in [0.29, 0.717) is 18.0 Å². The van der Waals surface area contributed by atoms with Crippen LogP contribution in [0.5, 0.6) is 0 Å². The summed E-state index contributed by atoms with van der Waals surface area (Å²) in [5.74, 6) is -0.578. The van der Waals surface area contributed by atoms with Gasteiger partial charge in [-0.25, -0.2) is 0 Å². The Kier molecular flexibility index (Phi) is 6.37. The maximum absolute atomic E-state index is 12.9. The number of amides is 2. The minimum absolute atomic E-state index is 0.0980. The van der Waals surface area contributed by atoms with Gasteiger partial charge in [0.25, 0.3) is 0 Å². The molecule has 5 nitrogen and oxygen atoms in total. The summed E-state index contributed by atoms with van der Waals surface area (Å²) >= 11 is 6.33. The third kappa shape index (κ3) is 4.21. The molecule has 0 bridgehead atoms. The number of nitrogens with one attached hydrogen (secondary N) is 1. The van der Waals surface area contributed by atoms with E-state index in [-0.39, 0.29) is 12.5 Å². The fraction of sp³-hybridized carbons (Fsp3) is 0.364. The Hall–Kier alpha value is -2.37. The van der Waals surface area contributed by atoms with E-state index >= 15 is 0 Å². The number of halogens is 1. The van der Waals surface area contributed by atoms with Gasteiger partial charge in [-0.2, -0.15) is 0 Å². The molecule has 1 aliphatic rings. The molecular formula is C22H26ClN3O2. The van der Waals surface area contributed by atoms with Crippen LogP contribution < -0.4 is 11.1 Å². The summed E-state index contributed by atoms with van der Waals surface area (Å²) in [5.41, 5.74) is 10.6. The fourth-order valence-electron chi connectivity index (χ4n) is 3.85. The van der Waals surface area contributed by atoms with E-state index in [2.05, 4.69) is 5.32 Å². The first kappa shape index (κ1) is 20.4. The van der Waals surface area contributed by atoms with Crippen LogP contribution in [0.2, 0.25) is 5.02 Å². The Morgan fingerprint density at radius 1 is 1.14 bits per heavy atom. The third-order valence-corrected chi connectivity index (χ3v) is 5.72. The van der Waals surface area contributed by atoms with Crippen molar-refractivity contribution in [1.29, 1.82) is 0 Å². The third-order valence-electron chi connectivity index (χ3n) is 5.36. The zero-order chi connectivity index (χ0) is 20.3. The van der Waals surface area contributed by atoms with E-state index in [1.54, 1.807) is 0 Å². The lowest BCUT2D eigenvalue weighted by Crippen LogP contribution is -2.51. The summed E-state index contributed by atoms with van der Waals surface area (Å²) in [4.78, 5) is 26.7. The zero-order valence-electron chi connectivity index (χ0n) is 16.3. The summed E-state index contributed by atoms with van der Waals surface area (Å²) in [6.07, 6.45) is 2.04. The Balaban J connectivity index is 1.81. The highest BCUT2D eigenvalue weighted by Gasteiger charge is 2.31. The number of anilines is 1. The van der Waals surface area contributed by atoms with Crippen molar-refractivity contribution >= 4 is 29.1 Å². The lowest BCUT2D eigenvalue weighted by atomic mass is 9.93. The molecule has 1 unspecified atom stereocenters. The fourth-order valence-corrected chi connectivity index (χ4v) is 4.15. The van der Waals surface area contributed by atoms with Gasteiger partial charge in [0, 0.05) is 17.3 Å². The standard InChI is InChI=1S/C22H26ClN3O2/c1-3-14-9-10-18(23)17(4-2)21(14)25-20(27)13-26-12-16-8-6-5-7-15(16)11-19(26)22(24)28/h5-10,19H,3-4,11-13H2,1-2H3,(H2,24,28)(H,25,27). The predicted octanol–water partition coefficient (Wildman–Crippen LogP) is 3.32. The number of hydrogen-bond donors (Lipinski definition) is 2. The number of hydrogen-bond acceptors (Lipinski definition) is 3. The monoisotopic (exact) mass is 399 g/mol. The van der Waals surface area contributed by atoms with Gasteiger partial charge in [0.15, 0.2) is 0 Å².